The lowest BCUT2D eigenvalue weighted by atomic mass is 9.98. The van der Waals surface area contributed by atoms with Crippen molar-refractivity contribution in [1.82, 2.24) is 5.01 Å². The van der Waals surface area contributed by atoms with Crippen molar-refractivity contribution in [2.75, 3.05) is 0 Å². The molecule has 0 spiro atoms. The normalized spacial score (nSPS) is 17.6. The zero-order valence-electron chi connectivity index (χ0n) is 11.3. The highest BCUT2D eigenvalue weighted by Crippen LogP contribution is 2.36. The summed E-state index contributed by atoms with van der Waals surface area (Å²) >= 11 is 5.09. The maximum Gasteiger partial charge on any atom is 0.187 e. The summed E-state index contributed by atoms with van der Waals surface area (Å²) in [6.45, 7) is 0. The number of rotatable bonds is 2. The Morgan fingerprint density at radius 1 is 1.14 bits per heavy atom. The number of phenolic OH excluding ortho intramolecular Hbond substituents is 1. The molecule has 0 unspecified atom stereocenters. The van der Waals surface area contributed by atoms with Gasteiger partial charge in [-0.2, -0.15) is 5.10 Å². The molecule has 1 atom stereocenters. The number of hydrogen-bond donors (Lipinski definition) is 2. The summed E-state index contributed by atoms with van der Waals surface area (Å²) in [7, 11) is 0. The SMILES string of the molecule is NC(=S)N1N=C(c2ccccc2)C[C@H]1c1ccccc1O. The molecule has 5 heteroatoms. The van der Waals surface area contributed by atoms with Crippen molar-refractivity contribution in [3.05, 3.63) is 65.7 Å². The summed E-state index contributed by atoms with van der Waals surface area (Å²) in [5.74, 6) is 0.230. The van der Waals surface area contributed by atoms with Gasteiger partial charge in [-0.25, -0.2) is 5.01 Å². The van der Waals surface area contributed by atoms with E-state index in [9.17, 15) is 5.11 Å². The van der Waals surface area contributed by atoms with E-state index < -0.39 is 0 Å². The molecule has 3 rings (SSSR count). The van der Waals surface area contributed by atoms with Crippen LogP contribution in [0, 0.1) is 0 Å². The van der Waals surface area contributed by atoms with Crippen LogP contribution < -0.4 is 5.73 Å². The molecule has 0 aliphatic carbocycles. The number of nitrogens with two attached hydrogens (primary N) is 1. The van der Waals surface area contributed by atoms with E-state index in [4.69, 9.17) is 18.0 Å². The van der Waals surface area contributed by atoms with Crippen LogP contribution in [0.2, 0.25) is 0 Å². The fourth-order valence-electron chi connectivity index (χ4n) is 2.53. The Balaban J connectivity index is 1.98. The van der Waals surface area contributed by atoms with Gasteiger partial charge in [-0.05, 0) is 23.8 Å². The average molecular weight is 297 g/mol. The largest absolute Gasteiger partial charge is 0.508 e. The number of phenols is 1. The lowest BCUT2D eigenvalue weighted by molar-refractivity contribution is 0.357. The predicted molar refractivity (Wildman–Crippen MR) is 87.1 cm³/mol. The Morgan fingerprint density at radius 2 is 1.81 bits per heavy atom. The Morgan fingerprint density at radius 3 is 2.48 bits per heavy atom. The summed E-state index contributed by atoms with van der Waals surface area (Å²) in [4.78, 5) is 0. The summed E-state index contributed by atoms with van der Waals surface area (Å²) in [5, 5.41) is 16.4. The van der Waals surface area contributed by atoms with Gasteiger partial charge in [0.1, 0.15) is 5.75 Å². The maximum absolute atomic E-state index is 10.1. The van der Waals surface area contributed by atoms with Gasteiger partial charge in [-0.15, -0.1) is 0 Å². The van der Waals surface area contributed by atoms with Gasteiger partial charge in [0.15, 0.2) is 5.11 Å². The number of thiocarbonyl (C=S) groups is 1. The van der Waals surface area contributed by atoms with E-state index in [1.54, 1.807) is 17.1 Å². The summed E-state index contributed by atoms with van der Waals surface area (Å²) in [6.07, 6.45) is 0.652. The van der Waals surface area contributed by atoms with E-state index in [0.29, 0.717) is 6.42 Å². The zero-order chi connectivity index (χ0) is 14.8. The molecule has 0 aromatic heterocycles. The van der Waals surface area contributed by atoms with E-state index >= 15 is 0 Å². The smallest absolute Gasteiger partial charge is 0.187 e. The van der Waals surface area contributed by atoms with Crippen LogP contribution >= 0.6 is 12.2 Å². The standard InChI is InChI=1S/C16H15N3OS/c17-16(21)19-14(12-8-4-5-9-15(12)20)10-13(18-19)11-6-2-1-3-7-11/h1-9,14,20H,10H2,(H2,17,21)/t14-/m0/s1. The Kier molecular flexibility index (Phi) is 3.58. The first-order chi connectivity index (χ1) is 10.2. The molecule has 106 valence electrons. The zero-order valence-corrected chi connectivity index (χ0v) is 12.1. The summed E-state index contributed by atoms with van der Waals surface area (Å²) < 4.78 is 0. The molecule has 4 nitrogen and oxygen atoms in total. The molecular formula is C16H15N3OS. The molecule has 3 N–H and O–H groups in total. The van der Waals surface area contributed by atoms with E-state index in [1.165, 1.54) is 0 Å². The van der Waals surface area contributed by atoms with Gasteiger partial charge >= 0.3 is 0 Å². The van der Waals surface area contributed by atoms with Crippen molar-refractivity contribution >= 4 is 23.0 Å². The van der Waals surface area contributed by atoms with Crippen LogP contribution in [0.1, 0.15) is 23.6 Å². The molecule has 1 heterocycles. The number of nitrogens with zero attached hydrogens (tertiary/aromatic N) is 2. The first kappa shape index (κ1) is 13.6. The number of para-hydroxylation sites is 1. The van der Waals surface area contributed by atoms with Crippen molar-refractivity contribution in [3.63, 3.8) is 0 Å². The van der Waals surface area contributed by atoms with Crippen LogP contribution in [0.3, 0.4) is 0 Å². The third-order valence-electron chi connectivity index (χ3n) is 3.54. The third-order valence-corrected chi connectivity index (χ3v) is 3.73. The Hall–Kier alpha value is -2.40. The van der Waals surface area contributed by atoms with Crippen LogP contribution in [-0.2, 0) is 0 Å². The molecule has 0 bridgehead atoms. The van der Waals surface area contributed by atoms with Gasteiger partial charge in [0, 0.05) is 12.0 Å². The maximum atomic E-state index is 10.1. The fourth-order valence-corrected chi connectivity index (χ4v) is 2.70. The number of benzene rings is 2. The minimum Gasteiger partial charge on any atom is -0.508 e. The molecule has 1 aliphatic heterocycles. The van der Waals surface area contributed by atoms with Gasteiger partial charge in [0.05, 0.1) is 11.8 Å². The third kappa shape index (κ3) is 2.60. The molecule has 0 saturated carbocycles. The van der Waals surface area contributed by atoms with Gasteiger partial charge in [-0.1, -0.05) is 48.5 Å². The molecule has 21 heavy (non-hydrogen) atoms. The van der Waals surface area contributed by atoms with Gasteiger partial charge in [-0.3, -0.25) is 0 Å². The van der Waals surface area contributed by atoms with Gasteiger partial charge in [0.2, 0.25) is 0 Å². The monoisotopic (exact) mass is 297 g/mol. The fraction of sp³-hybridized carbons (Fsp3) is 0.125. The highest BCUT2D eigenvalue weighted by Gasteiger charge is 2.31. The molecule has 2 aromatic rings. The first-order valence-electron chi connectivity index (χ1n) is 6.66. The highest BCUT2D eigenvalue weighted by atomic mass is 32.1. The summed E-state index contributed by atoms with van der Waals surface area (Å²) in [6, 6.07) is 16.9. The number of aromatic hydroxyl groups is 1. The number of hydrogen-bond acceptors (Lipinski definition) is 3. The van der Waals surface area contributed by atoms with Crippen LogP contribution in [0.25, 0.3) is 0 Å². The first-order valence-corrected chi connectivity index (χ1v) is 7.07. The average Bonchev–Trinajstić information content (AvgIpc) is 2.94. The summed E-state index contributed by atoms with van der Waals surface area (Å²) in [5.41, 5.74) is 8.51. The molecular weight excluding hydrogens is 282 g/mol. The minimum atomic E-state index is -0.168. The second-order valence-corrected chi connectivity index (χ2v) is 5.29. The van der Waals surface area contributed by atoms with E-state index in [1.807, 2.05) is 42.5 Å². The van der Waals surface area contributed by atoms with Crippen LogP contribution in [-0.4, -0.2) is 20.9 Å². The molecule has 0 fully saturated rings. The highest BCUT2D eigenvalue weighted by molar-refractivity contribution is 7.80. The number of hydrazone groups is 1. The lowest BCUT2D eigenvalue weighted by Gasteiger charge is -2.22. The molecule has 0 saturated heterocycles. The van der Waals surface area contributed by atoms with Crippen LogP contribution in [0.15, 0.2) is 59.7 Å². The Bertz CT molecular complexity index is 700. The predicted octanol–water partition coefficient (Wildman–Crippen LogP) is 2.79. The van der Waals surface area contributed by atoms with Crippen molar-refractivity contribution in [1.29, 1.82) is 0 Å². The van der Waals surface area contributed by atoms with E-state index in [-0.39, 0.29) is 16.9 Å². The molecule has 0 amide bonds. The van der Waals surface area contributed by atoms with Crippen molar-refractivity contribution in [2.45, 2.75) is 12.5 Å². The van der Waals surface area contributed by atoms with Crippen molar-refractivity contribution < 1.29 is 5.11 Å². The van der Waals surface area contributed by atoms with E-state index in [0.717, 1.165) is 16.8 Å². The molecule has 0 radical (unpaired) electrons. The quantitative estimate of drug-likeness (QED) is 0.837. The topological polar surface area (TPSA) is 61.8 Å². The van der Waals surface area contributed by atoms with Crippen molar-refractivity contribution in [3.8, 4) is 5.75 Å². The van der Waals surface area contributed by atoms with Crippen LogP contribution in [0.5, 0.6) is 5.75 Å². The van der Waals surface area contributed by atoms with Crippen LogP contribution in [0.4, 0.5) is 0 Å². The lowest BCUT2D eigenvalue weighted by Crippen LogP contribution is -2.31. The minimum absolute atomic E-state index is 0.168. The molecule has 2 aromatic carbocycles. The Labute approximate surface area is 128 Å². The second-order valence-electron chi connectivity index (χ2n) is 4.87. The van der Waals surface area contributed by atoms with Gasteiger partial charge in [0.25, 0.3) is 0 Å². The van der Waals surface area contributed by atoms with Gasteiger partial charge < -0.3 is 10.8 Å². The van der Waals surface area contributed by atoms with Crippen molar-refractivity contribution in [2.24, 2.45) is 10.8 Å². The second kappa shape index (κ2) is 5.54. The van der Waals surface area contributed by atoms with E-state index in [2.05, 4.69) is 5.10 Å². The molecule has 1 aliphatic rings.